The van der Waals surface area contributed by atoms with Crippen LogP contribution in [0.4, 0.5) is 0 Å². The van der Waals surface area contributed by atoms with Crippen LogP contribution in [0.1, 0.15) is 40.8 Å². The third-order valence-corrected chi connectivity index (χ3v) is 9.12. The summed E-state index contributed by atoms with van der Waals surface area (Å²) in [6, 6.07) is 31.2. The predicted octanol–water partition coefficient (Wildman–Crippen LogP) is 6.16. The van der Waals surface area contributed by atoms with Crippen molar-refractivity contribution in [3.8, 4) is 17.6 Å². The van der Waals surface area contributed by atoms with Crippen LogP contribution in [0.15, 0.2) is 117 Å². The molecular weight excluding hydrogens is 678 g/mol. The molecule has 10 heteroatoms. The minimum atomic E-state index is -0.753. The molecule has 0 fully saturated rings. The van der Waals surface area contributed by atoms with Crippen LogP contribution in [0.25, 0.3) is 11.8 Å². The first-order valence-corrected chi connectivity index (χ1v) is 16.4. The number of rotatable bonds is 9. The molecule has 0 spiro atoms. The van der Waals surface area contributed by atoms with E-state index in [0.717, 1.165) is 16.7 Å². The molecule has 1 atom stereocenters. The SMILES string of the molecule is CCOC(=O)C1=C(c2ccccc2)N=c2s/c(=C\c3cc(Br)c(OCc4ccccc4C#N)c(OC)c3)c(=O)n2[C@@H]1c1ccccc1. The maximum absolute atomic E-state index is 14.2. The van der Waals surface area contributed by atoms with Crippen molar-refractivity contribution in [2.45, 2.75) is 19.6 Å². The summed E-state index contributed by atoms with van der Waals surface area (Å²) in [7, 11) is 1.54. The molecule has 0 N–H and O–H groups in total. The molecule has 0 radical (unpaired) electrons. The van der Waals surface area contributed by atoms with E-state index in [1.807, 2.05) is 78.9 Å². The van der Waals surface area contributed by atoms with E-state index in [2.05, 4.69) is 22.0 Å². The number of halogens is 1. The fourth-order valence-corrected chi connectivity index (χ4v) is 6.99. The maximum atomic E-state index is 14.2. The first-order valence-electron chi connectivity index (χ1n) is 14.7. The van der Waals surface area contributed by atoms with Gasteiger partial charge in [0.25, 0.3) is 5.56 Å². The number of methoxy groups -OCH3 is 1. The standard InChI is InChI=1S/C37H28BrN3O5S/c1-3-45-36(43)31-32(24-12-6-4-7-13-24)40-37-41(33(31)25-14-8-5-9-15-25)35(42)30(47-37)20-23-18-28(38)34(29(19-23)44-2)46-22-27-17-11-10-16-26(27)21-39/h4-20,33H,3,22H2,1-2H3/b30-20-/t33-/m1/s1. The Bertz CT molecular complexity index is 2220. The van der Waals surface area contributed by atoms with Gasteiger partial charge in [0, 0.05) is 11.1 Å². The summed E-state index contributed by atoms with van der Waals surface area (Å²) in [6.45, 7) is 2.10. The van der Waals surface area contributed by atoms with Gasteiger partial charge in [0.15, 0.2) is 16.3 Å². The van der Waals surface area contributed by atoms with Gasteiger partial charge in [-0.1, -0.05) is 90.2 Å². The van der Waals surface area contributed by atoms with Crippen LogP contribution in [-0.2, 0) is 16.1 Å². The normalized spacial score (nSPS) is 14.2. The number of aromatic nitrogens is 1. The second kappa shape index (κ2) is 14.0. The smallest absolute Gasteiger partial charge is 0.338 e. The van der Waals surface area contributed by atoms with Crippen LogP contribution in [0.5, 0.6) is 11.5 Å². The lowest BCUT2D eigenvalue weighted by Crippen LogP contribution is -2.39. The van der Waals surface area contributed by atoms with Crippen LogP contribution in [-0.4, -0.2) is 24.3 Å². The van der Waals surface area contributed by atoms with Crippen LogP contribution >= 0.6 is 27.3 Å². The first kappa shape index (κ1) is 31.7. The van der Waals surface area contributed by atoms with Crippen LogP contribution < -0.4 is 24.4 Å². The Morgan fingerprint density at radius 2 is 1.74 bits per heavy atom. The summed E-state index contributed by atoms with van der Waals surface area (Å²) >= 11 is 4.84. The van der Waals surface area contributed by atoms with E-state index in [1.54, 1.807) is 35.8 Å². The van der Waals surface area contributed by atoms with E-state index >= 15 is 0 Å². The number of carbonyl (C=O) groups excluding carboxylic acids is 1. The van der Waals surface area contributed by atoms with Crippen molar-refractivity contribution in [3.63, 3.8) is 0 Å². The van der Waals surface area contributed by atoms with Crippen LogP contribution in [0.3, 0.4) is 0 Å². The molecule has 6 rings (SSSR count). The second-order valence-electron chi connectivity index (χ2n) is 10.4. The van der Waals surface area contributed by atoms with Gasteiger partial charge in [-0.2, -0.15) is 5.26 Å². The minimum absolute atomic E-state index is 0.169. The molecule has 0 aliphatic carbocycles. The molecule has 4 aromatic carbocycles. The highest BCUT2D eigenvalue weighted by molar-refractivity contribution is 9.10. The molecule has 0 amide bonds. The van der Waals surface area contributed by atoms with Crippen LogP contribution in [0, 0.1) is 11.3 Å². The number of fused-ring (bicyclic) bond motifs is 1. The van der Waals surface area contributed by atoms with Crippen molar-refractivity contribution < 1.29 is 19.0 Å². The third-order valence-electron chi connectivity index (χ3n) is 7.55. The monoisotopic (exact) mass is 705 g/mol. The number of ether oxygens (including phenoxy) is 3. The van der Waals surface area contributed by atoms with E-state index in [0.29, 0.717) is 47.7 Å². The molecule has 1 aliphatic rings. The third kappa shape index (κ3) is 6.41. The molecule has 47 heavy (non-hydrogen) atoms. The Hall–Kier alpha value is -5.24. The van der Waals surface area contributed by atoms with Gasteiger partial charge in [0.2, 0.25) is 0 Å². The quantitative estimate of drug-likeness (QED) is 0.170. The first-order chi connectivity index (χ1) is 22.9. The summed E-state index contributed by atoms with van der Waals surface area (Å²) in [5, 5.41) is 9.45. The summed E-state index contributed by atoms with van der Waals surface area (Å²) in [5.41, 5.74) is 3.95. The van der Waals surface area contributed by atoms with Crippen molar-refractivity contribution in [1.82, 2.24) is 4.57 Å². The van der Waals surface area contributed by atoms with E-state index in [9.17, 15) is 14.9 Å². The average molecular weight is 707 g/mol. The molecule has 0 saturated carbocycles. The molecule has 234 valence electrons. The van der Waals surface area contributed by atoms with E-state index in [1.165, 1.54) is 18.4 Å². The minimum Gasteiger partial charge on any atom is -0.493 e. The number of carbonyl (C=O) groups is 1. The van der Waals surface area contributed by atoms with E-state index in [4.69, 9.17) is 19.2 Å². The van der Waals surface area contributed by atoms with Gasteiger partial charge in [-0.3, -0.25) is 9.36 Å². The number of nitrogens with zero attached hydrogens (tertiary/aromatic N) is 3. The van der Waals surface area contributed by atoms with Crippen molar-refractivity contribution in [3.05, 3.63) is 155 Å². The van der Waals surface area contributed by atoms with Gasteiger partial charge < -0.3 is 14.2 Å². The highest BCUT2D eigenvalue weighted by Crippen LogP contribution is 2.38. The number of esters is 1. The molecule has 0 saturated heterocycles. The highest BCUT2D eigenvalue weighted by atomic mass is 79.9. The zero-order chi connectivity index (χ0) is 32.9. The van der Waals surface area contributed by atoms with Crippen molar-refractivity contribution in [2.24, 2.45) is 4.99 Å². The average Bonchev–Trinajstić information content (AvgIpc) is 3.41. The Kier molecular flexibility index (Phi) is 9.47. The lowest BCUT2D eigenvalue weighted by Gasteiger charge is -2.25. The molecular formula is C37H28BrN3O5S. The van der Waals surface area contributed by atoms with E-state index < -0.39 is 12.0 Å². The molecule has 1 aromatic heterocycles. The highest BCUT2D eigenvalue weighted by Gasteiger charge is 2.35. The van der Waals surface area contributed by atoms with Crippen molar-refractivity contribution in [1.29, 1.82) is 5.26 Å². The van der Waals surface area contributed by atoms with Gasteiger partial charge in [0.05, 0.1) is 51.7 Å². The number of hydrogen-bond acceptors (Lipinski definition) is 8. The number of benzene rings is 4. The topological polar surface area (TPSA) is 103 Å². The molecule has 0 unspecified atom stereocenters. The molecule has 5 aromatic rings. The van der Waals surface area contributed by atoms with Gasteiger partial charge in [-0.05, 0) is 58.3 Å². The number of nitriles is 1. The Morgan fingerprint density at radius 1 is 1.04 bits per heavy atom. The van der Waals surface area contributed by atoms with Crippen LogP contribution in [0.2, 0.25) is 0 Å². The lowest BCUT2D eigenvalue weighted by molar-refractivity contribution is -0.138. The fourth-order valence-electron chi connectivity index (χ4n) is 5.41. The van der Waals surface area contributed by atoms with Crippen molar-refractivity contribution >= 4 is 45.0 Å². The molecule has 2 heterocycles. The van der Waals surface area contributed by atoms with Gasteiger partial charge in [-0.25, -0.2) is 9.79 Å². The fraction of sp³-hybridized carbons (Fsp3) is 0.135. The molecule has 0 bridgehead atoms. The van der Waals surface area contributed by atoms with E-state index in [-0.39, 0.29) is 18.8 Å². The van der Waals surface area contributed by atoms with Gasteiger partial charge >= 0.3 is 5.97 Å². The maximum Gasteiger partial charge on any atom is 0.338 e. The Labute approximate surface area is 283 Å². The zero-order valence-corrected chi connectivity index (χ0v) is 27.9. The predicted molar refractivity (Wildman–Crippen MR) is 184 cm³/mol. The van der Waals surface area contributed by atoms with Crippen molar-refractivity contribution in [2.75, 3.05) is 13.7 Å². The Balaban J connectivity index is 1.48. The number of thiazole rings is 1. The second-order valence-corrected chi connectivity index (χ2v) is 12.3. The molecule has 8 nitrogen and oxygen atoms in total. The Morgan fingerprint density at radius 3 is 2.45 bits per heavy atom. The lowest BCUT2D eigenvalue weighted by atomic mass is 9.93. The summed E-state index contributed by atoms with van der Waals surface area (Å²) < 4.78 is 19.9. The largest absolute Gasteiger partial charge is 0.493 e. The summed E-state index contributed by atoms with van der Waals surface area (Å²) in [4.78, 5) is 33.2. The summed E-state index contributed by atoms with van der Waals surface area (Å²) in [5.74, 6) is 0.389. The summed E-state index contributed by atoms with van der Waals surface area (Å²) in [6.07, 6.45) is 1.77. The number of hydrogen-bond donors (Lipinski definition) is 0. The van der Waals surface area contributed by atoms with Gasteiger partial charge in [0.1, 0.15) is 6.61 Å². The molecule has 1 aliphatic heterocycles. The zero-order valence-electron chi connectivity index (χ0n) is 25.5. The van der Waals surface area contributed by atoms with Gasteiger partial charge in [-0.15, -0.1) is 0 Å².